The molecule has 2 aromatic carbocycles. The lowest BCUT2D eigenvalue weighted by atomic mass is 10.0. The molecule has 2 unspecified atom stereocenters. The molecule has 2 N–H and O–H groups in total. The zero-order valence-corrected chi connectivity index (χ0v) is 14.3. The van der Waals surface area contributed by atoms with E-state index in [4.69, 9.17) is 9.47 Å². The fraction of sp³-hybridized carbons (Fsp3) is 0.400. The van der Waals surface area contributed by atoms with Crippen molar-refractivity contribution in [2.45, 2.75) is 31.9 Å². The van der Waals surface area contributed by atoms with Crippen molar-refractivity contribution in [3.63, 3.8) is 0 Å². The van der Waals surface area contributed by atoms with Crippen LogP contribution in [0.15, 0.2) is 42.5 Å². The van der Waals surface area contributed by atoms with E-state index in [2.05, 4.69) is 5.32 Å². The lowest BCUT2D eigenvalue weighted by Gasteiger charge is -2.21. The SMILES string of the molecule is COc1ccc2c(c1)C(NCC(O)c1cccc(C)c1)CCCO2. The molecule has 0 radical (unpaired) electrons. The first-order valence-corrected chi connectivity index (χ1v) is 8.46. The van der Waals surface area contributed by atoms with E-state index in [1.165, 1.54) is 0 Å². The van der Waals surface area contributed by atoms with Gasteiger partial charge in [0.05, 0.1) is 19.8 Å². The predicted octanol–water partition coefficient (Wildman–Crippen LogP) is 3.54. The summed E-state index contributed by atoms with van der Waals surface area (Å²) in [7, 11) is 1.67. The highest BCUT2D eigenvalue weighted by Gasteiger charge is 2.21. The summed E-state index contributed by atoms with van der Waals surface area (Å²) in [6.07, 6.45) is 1.43. The van der Waals surface area contributed by atoms with Crippen molar-refractivity contribution in [2.75, 3.05) is 20.3 Å². The zero-order chi connectivity index (χ0) is 16.9. The number of hydrogen-bond donors (Lipinski definition) is 2. The number of aliphatic hydroxyl groups excluding tert-OH is 1. The molecular weight excluding hydrogens is 302 g/mol. The van der Waals surface area contributed by atoms with E-state index in [1.54, 1.807) is 7.11 Å². The van der Waals surface area contributed by atoms with Crippen LogP contribution in [0.1, 0.15) is 41.7 Å². The number of aliphatic hydroxyl groups is 1. The van der Waals surface area contributed by atoms with Gasteiger partial charge in [0.2, 0.25) is 0 Å². The Hall–Kier alpha value is -2.04. The van der Waals surface area contributed by atoms with Crippen molar-refractivity contribution in [3.8, 4) is 11.5 Å². The molecule has 0 amide bonds. The van der Waals surface area contributed by atoms with Crippen molar-refractivity contribution >= 4 is 0 Å². The number of fused-ring (bicyclic) bond motifs is 1. The highest BCUT2D eigenvalue weighted by molar-refractivity contribution is 5.42. The van der Waals surface area contributed by atoms with Gasteiger partial charge in [0, 0.05) is 18.2 Å². The second kappa shape index (κ2) is 7.69. The van der Waals surface area contributed by atoms with Crippen LogP contribution in [0.3, 0.4) is 0 Å². The molecule has 0 bridgehead atoms. The minimum atomic E-state index is -0.525. The van der Waals surface area contributed by atoms with Crippen LogP contribution in [-0.4, -0.2) is 25.4 Å². The number of rotatable bonds is 5. The van der Waals surface area contributed by atoms with Gasteiger partial charge in [-0.2, -0.15) is 0 Å². The first kappa shape index (κ1) is 16.8. The van der Waals surface area contributed by atoms with Crippen LogP contribution in [-0.2, 0) is 0 Å². The van der Waals surface area contributed by atoms with Crippen LogP contribution < -0.4 is 14.8 Å². The number of aryl methyl sites for hydroxylation is 1. The normalized spacial score (nSPS) is 18.2. The van der Waals surface area contributed by atoms with Crippen molar-refractivity contribution in [1.82, 2.24) is 5.32 Å². The molecule has 0 saturated heterocycles. The number of hydrogen-bond acceptors (Lipinski definition) is 4. The van der Waals surface area contributed by atoms with Gasteiger partial charge in [-0.1, -0.05) is 29.8 Å². The summed E-state index contributed by atoms with van der Waals surface area (Å²) in [6.45, 7) is 3.26. The van der Waals surface area contributed by atoms with Crippen LogP contribution in [0.2, 0.25) is 0 Å². The Morgan fingerprint density at radius 3 is 2.96 bits per heavy atom. The molecule has 1 aliphatic rings. The van der Waals surface area contributed by atoms with Gasteiger partial charge in [-0.05, 0) is 43.5 Å². The van der Waals surface area contributed by atoms with Gasteiger partial charge in [-0.15, -0.1) is 0 Å². The van der Waals surface area contributed by atoms with E-state index in [0.29, 0.717) is 6.54 Å². The van der Waals surface area contributed by atoms with Gasteiger partial charge >= 0.3 is 0 Å². The number of nitrogens with one attached hydrogen (secondary N) is 1. The fourth-order valence-electron chi connectivity index (χ4n) is 3.14. The van der Waals surface area contributed by atoms with Gasteiger partial charge in [0.15, 0.2) is 0 Å². The molecule has 3 rings (SSSR count). The summed E-state index contributed by atoms with van der Waals surface area (Å²) in [5.41, 5.74) is 3.20. The Bertz CT molecular complexity index is 686. The Morgan fingerprint density at radius 2 is 2.17 bits per heavy atom. The summed E-state index contributed by atoms with van der Waals surface area (Å²) >= 11 is 0. The molecule has 0 spiro atoms. The third-order valence-corrected chi connectivity index (χ3v) is 4.47. The van der Waals surface area contributed by atoms with Crippen molar-refractivity contribution in [2.24, 2.45) is 0 Å². The highest BCUT2D eigenvalue weighted by Crippen LogP contribution is 2.34. The fourth-order valence-corrected chi connectivity index (χ4v) is 3.14. The van der Waals surface area contributed by atoms with Crippen molar-refractivity contribution in [3.05, 3.63) is 59.2 Å². The monoisotopic (exact) mass is 327 g/mol. The minimum Gasteiger partial charge on any atom is -0.497 e. The smallest absolute Gasteiger partial charge is 0.124 e. The summed E-state index contributed by atoms with van der Waals surface area (Å²) in [6, 6.07) is 14.1. The van der Waals surface area contributed by atoms with Crippen molar-refractivity contribution in [1.29, 1.82) is 0 Å². The van der Waals surface area contributed by atoms with E-state index in [-0.39, 0.29) is 6.04 Å². The largest absolute Gasteiger partial charge is 0.497 e. The minimum absolute atomic E-state index is 0.150. The highest BCUT2D eigenvalue weighted by atomic mass is 16.5. The van der Waals surface area contributed by atoms with Crippen LogP contribution in [0.25, 0.3) is 0 Å². The third-order valence-electron chi connectivity index (χ3n) is 4.47. The predicted molar refractivity (Wildman–Crippen MR) is 94.6 cm³/mol. The molecule has 4 heteroatoms. The van der Waals surface area contributed by atoms with Crippen LogP contribution >= 0.6 is 0 Å². The second-order valence-electron chi connectivity index (χ2n) is 6.29. The molecule has 0 fully saturated rings. The molecule has 2 aromatic rings. The first-order valence-electron chi connectivity index (χ1n) is 8.46. The number of benzene rings is 2. The number of methoxy groups -OCH3 is 1. The molecule has 0 aromatic heterocycles. The summed E-state index contributed by atoms with van der Waals surface area (Å²) < 4.78 is 11.2. The van der Waals surface area contributed by atoms with E-state index >= 15 is 0 Å². The number of ether oxygens (including phenoxy) is 2. The van der Waals surface area contributed by atoms with Gasteiger partial charge in [0.1, 0.15) is 11.5 Å². The molecule has 1 heterocycles. The standard InChI is InChI=1S/C20H25NO3/c1-14-5-3-6-15(11-14)19(22)13-21-18-7-4-10-24-20-9-8-16(23-2)12-17(18)20/h3,5-6,8-9,11-12,18-19,21-22H,4,7,10,13H2,1-2H3. The molecular formula is C20H25NO3. The molecule has 0 saturated carbocycles. The Labute approximate surface area is 143 Å². The average molecular weight is 327 g/mol. The maximum atomic E-state index is 10.5. The molecule has 1 aliphatic heterocycles. The van der Waals surface area contributed by atoms with Crippen LogP contribution in [0.5, 0.6) is 11.5 Å². The molecule has 0 aliphatic carbocycles. The Kier molecular flexibility index (Phi) is 5.38. The molecule has 128 valence electrons. The maximum Gasteiger partial charge on any atom is 0.124 e. The molecule has 24 heavy (non-hydrogen) atoms. The third kappa shape index (κ3) is 3.89. The topological polar surface area (TPSA) is 50.7 Å². The van der Waals surface area contributed by atoms with E-state index < -0.39 is 6.10 Å². The Balaban J connectivity index is 1.73. The Morgan fingerprint density at radius 1 is 1.29 bits per heavy atom. The molecule has 4 nitrogen and oxygen atoms in total. The van der Waals surface area contributed by atoms with Crippen LogP contribution in [0, 0.1) is 6.92 Å². The van der Waals surface area contributed by atoms with E-state index in [9.17, 15) is 5.11 Å². The summed E-state index contributed by atoms with van der Waals surface area (Å²) in [5.74, 6) is 1.72. The van der Waals surface area contributed by atoms with Gasteiger partial charge in [-0.3, -0.25) is 0 Å². The lowest BCUT2D eigenvalue weighted by Crippen LogP contribution is -2.26. The quantitative estimate of drug-likeness (QED) is 0.882. The molecule has 2 atom stereocenters. The maximum absolute atomic E-state index is 10.5. The van der Waals surface area contributed by atoms with E-state index in [0.717, 1.165) is 47.6 Å². The lowest BCUT2D eigenvalue weighted by molar-refractivity contribution is 0.169. The average Bonchev–Trinajstić information content (AvgIpc) is 2.81. The van der Waals surface area contributed by atoms with Gasteiger partial charge in [-0.25, -0.2) is 0 Å². The summed E-state index contributed by atoms with van der Waals surface area (Å²) in [4.78, 5) is 0. The second-order valence-corrected chi connectivity index (χ2v) is 6.29. The van der Waals surface area contributed by atoms with Crippen LogP contribution in [0.4, 0.5) is 0 Å². The van der Waals surface area contributed by atoms with Gasteiger partial charge in [0.25, 0.3) is 0 Å². The van der Waals surface area contributed by atoms with Gasteiger partial charge < -0.3 is 19.9 Å². The van der Waals surface area contributed by atoms with Crippen molar-refractivity contribution < 1.29 is 14.6 Å². The summed E-state index contributed by atoms with van der Waals surface area (Å²) in [5, 5.41) is 14.0. The van der Waals surface area contributed by atoms with E-state index in [1.807, 2.05) is 49.4 Å². The first-order chi connectivity index (χ1) is 11.7. The zero-order valence-electron chi connectivity index (χ0n) is 14.3.